The zero-order chi connectivity index (χ0) is 12.9. The number of nitrogens with zero attached hydrogens (tertiary/aromatic N) is 1. The van der Waals surface area contributed by atoms with Crippen molar-refractivity contribution < 1.29 is 8.42 Å². The minimum Gasteiger partial charge on any atom is -0.390 e. The minimum atomic E-state index is -3.72. The Labute approximate surface area is 109 Å². The van der Waals surface area contributed by atoms with Crippen molar-refractivity contribution in [2.45, 2.75) is 11.8 Å². The number of benzene rings is 1. The van der Waals surface area contributed by atoms with Gasteiger partial charge in [-0.2, -0.15) is 5.26 Å². The predicted molar refractivity (Wildman–Crippen MR) is 68.7 cm³/mol. The minimum absolute atomic E-state index is 0.103. The van der Waals surface area contributed by atoms with Crippen molar-refractivity contribution >= 4 is 25.8 Å². The van der Waals surface area contributed by atoms with Crippen LogP contribution in [0.5, 0.6) is 0 Å². The first-order chi connectivity index (χ1) is 8.02. The van der Waals surface area contributed by atoms with E-state index in [1.54, 1.807) is 18.2 Å². The fraction of sp³-hybridized carbons (Fsp3) is 0.182. The average molecular weight is 315 g/mol. The Hall–Kier alpha value is -1.32. The Bertz CT molecular complexity index is 556. The molecule has 1 rings (SSSR count). The lowest BCUT2D eigenvalue weighted by atomic mass is 10.4. The van der Waals surface area contributed by atoms with E-state index in [0.29, 0.717) is 6.54 Å². The monoisotopic (exact) mass is 314 g/mol. The average Bonchev–Trinajstić information content (AvgIpc) is 2.30. The van der Waals surface area contributed by atoms with Gasteiger partial charge in [0.25, 0.3) is 0 Å². The number of nitriles is 1. The predicted octanol–water partition coefficient (Wildman–Crippen LogP) is 2.20. The normalized spacial score (nSPS) is 11.9. The summed E-state index contributed by atoms with van der Waals surface area (Å²) in [4.78, 5) is -0.187. The van der Waals surface area contributed by atoms with Gasteiger partial charge in [0.1, 0.15) is 6.07 Å². The number of nitrogens with one attached hydrogen (secondary N) is 1. The van der Waals surface area contributed by atoms with Gasteiger partial charge in [-0.3, -0.25) is 0 Å². The van der Waals surface area contributed by atoms with Gasteiger partial charge in [0.05, 0.1) is 4.90 Å². The number of hydrogen-bond acceptors (Lipinski definition) is 4. The van der Waals surface area contributed by atoms with Gasteiger partial charge in [-0.15, -0.1) is 0 Å². The molecular weight excluding hydrogens is 304 g/mol. The summed E-state index contributed by atoms with van der Waals surface area (Å²) in [6, 6.07) is 7.84. The zero-order valence-electron chi connectivity index (χ0n) is 9.14. The van der Waals surface area contributed by atoms with Crippen LogP contribution in [-0.2, 0) is 9.84 Å². The van der Waals surface area contributed by atoms with E-state index in [0.717, 1.165) is 4.47 Å². The molecule has 0 aliphatic heterocycles. The van der Waals surface area contributed by atoms with Crippen molar-refractivity contribution in [1.29, 1.82) is 5.26 Å². The Kier molecular flexibility index (Phi) is 4.73. The smallest absolute Gasteiger partial charge is 0.218 e. The molecule has 4 nitrogen and oxygen atoms in total. The molecule has 0 heterocycles. The number of rotatable bonds is 4. The van der Waals surface area contributed by atoms with Crippen molar-refractivity contribution in [3.63, 3.8) is 0 Å². The SMILES string of the molecule is CCN/C=C(\C#N)S(=O)(=O)c1ccc(Br)cc1. The standard InChI is InChI=1S/C11H11BrN2O2S/c1-2-14-8-11(7-13)17(15,16)10-5-3-9(12)4-6-10/h3-6,8,14H,2H2,1H3/b11-8+. The summed E-state index contributed by atoms with van der Waals surface area (Å²) in [7, 11) is -3.72. The van der Waals surface area contributed by atoms with Crippen molar-refractivity contribution in [1.82, 2.24) is 5.32 Å². The Morgan fingerprint density at radius 2 is 2.06 bits per heavy atom. The van der Waals surface area contributed by atoms with Crippen LogP contribution in [0.3, 0.4) is 0 Å². The van der Waals surface area contributed by atoms with Crippen molar-refractivity contribution in [2.75, 3.05) is 6.54 Å². The van der Waals surface area contributed by atoms with E-state index >= 15 is 0 Å². The second-order valence-electron chi connectivity index (χ2n) is 3.14. The van der Waals surface area contributed by atoms with Crippen molar-refractivity contribution in [3.05, 3.63) is 39.8 Å². The van der Waals surface area contributed by atoms with Gasteiger partial charge in [0.15, 0.2) is 4.91 Å². The van der Waals surface area contributed by atoms with Gasteiger partial charge >= 0.3 is 0 Å². The van der Waals surface area contributed by atoms with E-state index in [9.17, 15) is 8.42 Å². The lowest BCUT2D eigenvalue weighted by Crippen LogP contribution is -2.10. The molecular formula is C11H11BrN2O2S. The summed E-state index contributed by atoms with van der Waals surface area (Å²) in [5.41, 5.74) is 0. The highest BCUT2D eigenvalue weighted by atomic mass is 79.9. The molecule has 0 spiro atoms. The van der Waals surface area contributed by atoms with E-state index in [-0.39, 0.29) is 9.80 Å². The topological polar surface area (TPSA) is 70.0 Å². The van der Waals surface area contributed by atoms with E-state index in [1.165, 1.54) is 18.3 Å². The summed E-state index contributed by atoms with van der Waals surface area (Å²) in [5, 5.41) is 11.6. The number of halogens is 1. The molecule has 0 atom stereocenters. The van der Waals surface area contributed by atoms with Crippen molar-refractivity contribution in [2.24, 2.45) is 0 Å². The molecule has 0 saturated carbocycles. The highest BCUT2D eigenvalue weighted by Gasteiger charge is 2.20. The van der Waals surface area contributed by atoms with Crippen LogP contribution in [0.15, 0.2) is 44.7 Å². The first-order valence-electron chi connectivity index (χ1n) is 4.86. The number of sulfone groups is 1. The maximum atomic E-state index is 12.0. The van der Waals surface area contributed by atoms with Gasteiger partial charge in [0, 0.05) is 17.2 Å². The molecule has 0 fully saturated rings. The molecule has 6 heteroatoms. The third-order valence-electron chi connectivity index (χ3n) is 1.96. The second-order valence-corrected chi connectivity index (χ2v) is 5.97. The zero-order valence-corrected chi connectivity index (χ0v) is 11.5. The van der Waals surface area contributed by atoms with Gasteiger partial charge < -0.3 is 5.32 Å². The van der Waals surface area contributed by atoms with Gasteiger partial charge in [-0.25, -0.2) is 8.42 Å². The van der Waals surface area contributed by atoms with Crippen LogP contribution < -0.4 is 5.32 Å². The van der Waals surface area contributed by atoms with Crippen LogP contribution in [0, 0.1) is 11.3 Å². The summed E-state index contributed by atoms with van der Waals surface area (Å²) < 4.78 is 24.9. The fourth-order valence-electron chi connectivity index (χ4n) is 1.11. The van der Waals surface area contributed by atoms with Crippen LogP contribution in [0.1, 0.15) is 6.92 Å². The molecule has 0 radical (unpaired) electrons. The van der Waals surface area contributed by atoms with Gasteiger partial charge in [-0.05, 0) is 31.2 Å². The van der Waals surface area contributed by atoms with Crippen LogP contribution in [-0.4, -0.2) is 15.0 Å². The quantitative estimate of drug-likeness (QED) is 0.865. The molecule has 0 saturated heterocycles. The molecule has 0 amide bonds. The second kappa shape index (κ2) is 5.84. The van der Waals surface area contributed by atoms with Crippen molar-refractivity contribution in [3.8, 4) is 6.07 Å². The maximum Gasteiger partial charge on any atom is 0.218 e. The van der Waals surface area contributed by atoms with Crippen LogP contribution >= 0.6 is 15.9 Å². The molecule has 0 aromatic heterocycles. The third-order valence-corrected chi connectivity index (χ3v) is 4.17. The molecule has 1 aromatic carbocycles. The molecule has 17 heavy (non-hydrogen) atoms. The summed E-state index contributed by atoms with van der Waals surface area (Å²) in [5.74, 6) is 0. The molecule has 1 N–H and O–H groups in total. The number of hydrogen-bond donors (Lipinski definition) is 1. The Morgan fingerprint density at radius 1 is 1.47 bits per heavy atom. The van der Waals surface area contributed by atoms with Gasteiger partial charge in [-0.1, -0.05) is 15.9 Å². The Morgan fingerprint density at radius 3 is 2.53 bits per heavy atom. The molecule has 1 aromatic rings. The first-order valence-corrected chi connectivity index (χ1v) is 7.14. The van der Waals surface area contributed by atoms with Gasteiger partial charge in [0.2, 0.25) is 9.84 Å². The molecule has 0 bridgehead atoms. The van der Waals surface area contributed by atoms with E-state index in [4.69, 9.17) is 5.26 Å². The molecule has 0 unspecified atom stereocenters. The summed E-state index contributed by atoms with van der Waals surface area (Å²) >= 11 is 3.22. The lowest BCUT2D eigenvalue weighted by molar-refractivity contribution is 0.603. The van der Waals surface area contributed by atoms with E-state index in [1.807, 2.05) is 6.92 Å². The largest absolute Gasteiger partial charge is 0.390 e. The summed E-state index contributed by atoms with van der Waals surface area (Å²) in [6.45, 7) is 2.37. The first kappa shape index (κ1) is 13.7. The molecule has 0 aliphatic carbocycles. The molecule has 90 valence electrons. The van der Waals surface area contributed by atoms with Crippen LogP contribution in [0.4, 0.5) is 0 Å². The number of allylic oxidation sites excluding steroid dienone is 1. The maximum absolute atomic E-state index is 12.0. The molecule has 0 aliphatic rings. The highest BCUT2D eigenvalue weighted by molar-refractivity contribution is 9.10. The summed E-state index contributed by atoms with van der Waals surface area (Å²) in [6.07, 6.45) is 1.22. The highest BCUT2D eigenvalue weighted by Crippen LogP contribution is 2.20. The third kappa shape index (κ3) is 3.32. The fourth-order valence-corrected chi connectivity index (χ4v) is 2.48. The van der Waals surface area contributed by atoms with Crippen LogP contribution in [0.2, 0.25) is 0 Å². The van der Waals surface area contributed by atoms with Crippen LogP contribution in [0.25, 0.3) is 0 Å². The lowest BCUT2D eigenvalue weighted by Gasteiger charge is -2.03. The van der Waals surface area contributed by atoms with E-state index < -0.39 is 9.84 Å². The Balaban J connectivity index is 3.19. The van der Waals surface area contributed by atoms with E-state index in [2.05, 4.69) is 21.2 Å².